The Morgan fingerprint density at radius 2 is 1.41 bits per heavy atom. The molecule has 5 nitrogen and oxygen atoms in total. The summed E-state index contributed by atoms with van der Waals surface area (Å²) in [5.74, 6) is -15.2. The van der Waals surface area contributed by atoms with Crippen molar-refractivity contribution in [3.63, 3.8) is 0 Å². The summed E-state index contributed by atoms with van der Waals surface area (Å²) in [7, 11) is 0. The zero-order chi connectivity index (χ0) is 20.8. The van der Waals surface area contributed by atoms with Crippen LogP contribution in [0.4, 0.5) is 22.0 Å². The van der Waals surface area contributed by atoms with Crippen molar-refractivity contribution in [3.05, 3.63) is 29.1 Å². The van der Waals surface area contributed by atoms with E-state index in [-0.39, 0.29) is 19.6 Å². The van der Waals surface area contributed by atoms with Gasteiger partial charge in [0.2, 0.25) is 34.8 Å². The van der Waals surface area contributed by atoms with Crippen LogP contribution in [0, 0.1) is 34.5 Å². The molecule has 0 saturated carbocycles. The predicted molar refractivity (Wildman–Crippen MR) is 82.3 cm³/mol. The summed E-state index contributed by atoms with van der Waals surface area (Å²) in [6.07, 6.45) is 0.579. The molecule has 0 fully saturated rings. The minimum atomic E-state index is -2.38. The van der Waals surface area contributed by atoms with Crippen LogP contribution in [0.15, 0.2) is 0 Å². The molecule has 10 heteroatoms. The first-order valence-corrected chi connectivity index (χ1v) is 8.06. The Kier molecular flexibility index (Phi) is 8.14. The van der Waals surface area contributed by atoms with E-state index in [0.29, 0.717) is 6.42 Å². The fourth-order valence-electron chi connectivity index (χ4n) is 1.83. The largest absolute Gasteiger partial charge is 0.464 e. The molecule has 1 aromatic carbocycles. The molecule has 0 saturated heterocycles. The van der Waals surface area contributed by atoms with E-state index in [1.54, 1.807) is 6.92 Å². The number of benzene rings is 1. The molecule has 1 unspecified atom stereocenters. The quantitative estimate of drug-likeness (QED) is 0.159. The molecule has 0 N–H and O–H groups in total. The van der Waals surface area contributed by atoms with Crippen molar-refractivity contribution in [2.75, 3.05) is 19.8 Å². The molecule has 152 valence electrons. The first-order chi connectivity index (χ1) is 12.6. The van der Waals surface area contributed by atoms with E-state index in [2.05, 4.69) is 4.74 Å². The SMILES string of the molecule is CCCOCC(C)(COC(=O)CC)C(=O)Oc1c(F)c(F)c(F)c(F)c1F. The lowest BCUT2D eigenvalue weighted by atomic mass is 9.93. The lowest BCUT2D eigenvalue weighted by Crippen LogP contribution is -2.41. The first-order valence-electron chi connectivity index (χ1n) is 8.06. The van der Waals surface area contributed by atoms with Gasteiger partial charge in [-0.25, -0.2) is 13.2 Å². The van der Waals surface area contributed by atoms with Crippen LogP contribution < -0.4 is 4.74 Å². The van der Waals surface area contributed by atoms with Crippen molar-refractivity contribution in [2.45, 2.75) is 33.6 Å². The maximum absolute atomic E-state index is 13.7. The van der Waals surface area contributed by atoms with E-state index in [4.69, 9.17) is 9.47 Å². The van der Waals surface area contributed by atoms with Gasteiger partial charge in [-0.2, -0.15) is 8.78 Å². The fraction of sp³-hybridized carbons (Fsp3) is 0.529. The van der Waals surface area contributed by atoms with Gasteiger partial charge < -0.3 is 14.2 Å². The summed E-state index contributed by atoms with van der Waals surface area (Å²) < 4.78 is 81.5. The Balaban J connectivity index is 3.14. The van der Waals surface area contributed by atoms with Gasteiger partial charge in [0.05, 0.1) is 6.61 Å². The smallest absolute Gasteiger partial charge is 0.323 e. The topological polar surface area (TPSA) is 61.8 Å². The molecule has 1 rings (SSSR count). The standard InChI is InChI=1S/C17H19F5O5/c1-4-6-25-7-17(3,8-26-9(23)5-2)16(24)27-15-13(21)11(19)10(18)12(20)14(15)22/h4-8H2,1-3H3. The second-order valence-electron chi connectivity index (χ2n) is 5.92. The van der Waals surface area contributed by atoms with Crippen LogP contribution in [-0.4, -0.2) is 31.8 Å². The summed E-state index contributed by atoms with van der Waals surface area (Å²) in [5, 5.41) is 0. The van der Waals surface area contributed by atoms with E-state index in [1.807, 2.05) is 0 Å². The number of hydrogen-bond acceptors (Lipinski definition) is 5. The van der Waals surface area contributed by atoms with Crippen LogP contribution in [0.25, 0.3) is 0 Å². The van der Waals surface area contributed by atoms with Crippen LogP contribution in [0.1, 0.15) is 33.6 Å². The van der Waals surface area contributed by atoms with Crippen LogP contribution in [0.2, 0.25) is 0 Å². The van der Waals surface area contributed by atoms with Crippen LogP contribution in [0.5, 0.6) is 5.75 Å². The zero-order valence-corrected chi connectivity index (χ0v) is 15.0. The van der Waals surface area contributed by atoms with Crippen molar-refractivity contribution in [1.82, 2.24) is 0 Å². The molecule has 27 heavy (non-hydrogen) atoms. The Bertz CT molecular complexity index is 680. The highest BCUT2D eigenvalue weighted by atomic mass is 19.2. The number of carbonyl (C=O) groups excluding carboxylic acids is 2. The molecule has 0 aliphatic heterocycles. The lowest BCUT2D eigenvalue weighted by molar-refractivity contribution is -0.160. The maximum Gasteiger partial charge on any atom is 0.323 e. The summed E-state index contributed by atoms with van der Waals surface area (Å²) >= 11 is 0. The number of carbonyl (C=O) groups is 2. The second kappa shape index (κ2) is 9.63. The van der Waals surface area contributed by atoms with Crippen molar-refractivity contribution in [1.29, 1.82) is 0 Å². The van der Waals surface area contributed by atoms with Crippen molar-refractivity contribution < 1.29 is 45.8 Å². The Labute approximate surface area is 152 Å². The van der Waals surface area contributed by atoms with Gasteiger partial charge in [-0.05, 0) is 13.3 Å². The average molecular weight is 398 g/mol. The highest BCUT2D eigenvalue weighted by Crippen LogP contribution is 2.31. The molecule has 0 amide bonds. The average Bonchev–Trinajstić information content (AvgIpc) is 2.66. The van der Waals surface area contributed by atoms with Gasteiger partial charge in [0.1, 0.15) is 12.0 Å². The van der Waals surface area contributed by atoms with E-state index >= 15 is 0 Å². The highest BCUT2D eigenvalue weighted by molar-refractivity contribution is 5.80. The third kappa shape index (κ3) is 5.38. The molecule has 0 bridgehead atoms. The van der Waals surface area contributed by atoms with E-state index in [9.17, 15) is 31.5 Å². The number of hydrogen-bond donors (Lipinski definition) is 0. The van der Waals surface area contributed by atoms with Gasteiger partial charge in [0.25, 0.3) is 0 Å². The van der Waals surface area contributed by atoms with Crippen LogP contribution >= 0.6 is 0 Å². The molecule has 0 aliphatic rings. The van der Waals surface area contributed by atoms with Gasteiger partial charge in [-0.15, -0.1) is 0 Å². The Morgan fingerprint density at radius 3 is 1.89 bits per heavy atom. The van der Waals surface area contributed by atoms with Gasteiger partial charge in [0, 0.05) is 13.0 Å². The predicted octanol–water partition coefficient (Wildman–Crippen LogP) is 3.67. The summed E-state index contributed by atoms with van der Waals surface area (Å²) in [6, 6.07) is 0. The van der Waals surface area contributed by atoms with Gasteiger partial charge in [0.15, 0.2) is 0 Å². The monoisotopic (exact) mass is 398 g/mol. The van der Waals surface area contributed by atoms with Gasteiger partial charge in [-0.3, -0.25) is 9.59 Å². The van der Waals surface area contributed by atoms with E-state index in [1.165, 1.54) is 13.8 Å². The summed E-state index contributed by atoms with van der Waals surface area (Å²) in [6.45, 7) is 3.76. The molecule has 1 aromatic rings. The van der Waals surface area contributed by atoms with E-state index < -0.39 is 58.8 Å². The first kappa shape index (κ1) is 22.8. The fourth-order valence-corrected chi connectivity index (χ4v) is 1.83. The normalized spacial score (nSPS) is 13.2. The number of rotatable bonds is 9. The van der Waals surface area contributed by atoms with Crippen molar-refractivity contribution in [3.8, 4) is 5.75 Å². The summed E-state index contributed by atoms with van der Waals surface area (Å²) in [4.78, 5) is 23.7. The molecule has 0 aliphatic carbocycles. The molecular weight excluding hydrogens is 379 g/mol. The van der Waals surface area contributed by atoms with Crippen LogP contribution in [0.3, 0.4) is 0 Å². The molecule has 0 heterocycles. The highest BCUT2D eigenvalue weighted by Gasteiger charge is 2.40. The third-order valence-corrected chi connectivity index (χ3v) is 3.47. The van der Waals surface area contributed by atoms with Crippen molar-refractivity contribution >= 4 is 11.9 Å². The van der Waals surface area contributed by atoms with Crippen LogP contribution in [-0.2, 0) is 19.1 Å². The Morgan fingerprint density at radius 1 is 0.889 bits per heavy atom. The van der Waals surface area contributed by atoms with E-state index in [0.717, 1.165) is 0 Å². The lowest BCUT2D eigenvalue weighted by Gasteiger charge is -2.26. The molecule has 0 spiro atoms. The number of esters is 2. The number of halogens is 5. The van der Waals surface area contributed by atoms with Crippen molar-refractivity contribution in [2.24, 2.45) is 5.41 Å². The minimum absolute atomic E-state index is 0.00140. The Hall–Kier alpha value is -2.23. The third-order valence-electron chi connectivity index (χ3n) is 3.47. The maximum atomic E-state index is 13.7. The van der Waals surface area contributed by atoms with Gasteiger partial charge in [-0.1, -0.05) is 13.8 Å². The molecular formula is C17H19F5O5. The molecule has 1 atom stereocenters. The second-order valence-corrected chi connectivity index (χ2v) is 5.92. The number of ether oxygens (including phenoxy) is 3. The summed E-state index contributed by atoms with van der Waals surface area (Å²) in [5.41, 5.74) is -1.74. The minimum Gasteiger partial charge on any atom is -0.464 e. The molecule has 0 radical (unpaired) electrons. The molecule has 0 aromatic heterocycles. The van der Waals surface area contributed by atoms with Gasteiger partial charge >= 0.3 is 11.9 Å². The zero-order valence-electron chi connectivity index (χ0n) is 15.0.